The van der Waals surface area contributed by atoms with E-state index >= 15 is 0 Å². The van der Waals surface area contributed by atoms with Crippen molar-refractivity contribution in [1.82, 2.24) is 5.32 Å². The fraction of sp³-hybridized carbons (Fsp3) is 0.214. The summed E-state index contributed by atoms with van der Waals surface area (Å²) < 4.78 is 0.846. The molecule has 0 fully saturated rings. The van der Waals surface area contributed by atoms with Gasteiger partial charge in [-0.25, -0.2) is 0 Å². The molecule has 2 rings (SSSR count). The average molecular weight is 391 g/mol. The molecule has 0 unspecified atom stereocenters. The summed E-state index contributed by atoms with van der Waals surface area (Å²) in [7, 11) is 0. The molecule has 106 valence electrons. The van der Waals surface area contributed by atoms with Crippen molar-refractivity contribution in [3.05, 3.63) is 55.6 Å². The lowest BCUT2D eigenvalue weighted by molar-refractivity contribution is 0.0956. The van der Waals surface area contributed by atoms with Crippen LogP contribution in [0.4, 0.5) is 0 Å². The van der Waals surface area contributed by atoms with Gasteiger partial charge in [0.1, 0.15) is 0 Å². The molecule has 0 aliphatic rings. The maximum absolute atomic E-state index is 12.0. The summed E-state index contributed by atoms with van der Waals surface area (Å²) in [5, 5.41) is 7.58. The first-order valence-electron chi connectivity index (χ1n) is 5.99. The highest BCUT2D eigenvalue weighted by Crippen LogP contribution is 2.21. The van der Waals surface area contributed by atoms with Gasteiger partial charge in [-0.2, -0.15) is 23.1 Å². The van der Waals surface area contributed by atoms with Crippen molar-refractivity contribution >= 4 is 56.5 Å². The van der Waals surface area contributed by atoms with E-state index in [4.69, 9.17) is 11.6 Å². The predicted molar refractivity (Wildman–Crippen MR) is 92.0 cm³/mol. The molecule has 0 bridgehead atoms. The van der Waals surface area contributed by atoms with Crippen molar-refractivity contribution in [2.45, 2.75) is 5.75 Å². The molecular formula is C14H13BrClNOS2. The molecule has 1 heterocycles. The van der Waals surface area contributed by atoms with E-state index in [0.29, 0.717) is 17.1 Å². The third-order valence-electron chi connectivity index (χ3n) is 2.55. The van der Waals surface area contributed by atoms with Crippen LogP contribution in [0.15, 0.2) is 39.5 Å². The lowest BCUT2D eigenvalue weighted by Gasteiger charge is -2.07. The summed E-state index contributed by atoms with van der Waals surface area (Å²) in [6.07, 6.45) is 0. The Morgan fingerprint density at radius 1 is 1.40 bits per heavy atom. The number of carbonyl (C=O) groups excluding carboxylic acids is 1. The fourth-order valence-electron chi connectivity index (χ4n) is 1.57. The SMILES string of the molecule is O=C(NCCSCc1ccsc1)c1cc(Br)ccc1Cl. The van der Waals surface area contributed by atoms with Gasteiger partial charge in [0.15, 0.2) is 0 Å². The van der Waals surface area contributed by atoms with Crippen LogP contribution in [-0.4, -0.2) is 18.2 Å². The molecule has 0 aliphatic heterocycles. The molecule has 0 atom stereocenters. The maximum Gasteiger partial charge on any atom is 0.252 e. The van der Waals surface area contributed by atoms with Gasteiger partial charge >= 0.3 is 0 Å². The van der Waals surface area contributed by atoms with Gasteiger partial charge in [0.25, 0.3) is 5.91 Å². The lowest BCUT2D eigenvalue weighted by atomic mass is 10.2. The molecule has 2 aromatic rings. The second-order valence-corrected chi connectivity index (χ2v) is 7.27. The average Bonchev–Trinajstić information content (AvgIpc) is 2.94. The van der Waals surface area contributed by atoms with Crippen LogP contribution < -0.4 is 5.32 Å². The number of halogens is 2. The Balaban J connectivity index is 1.73. The van der Waals surface area contributed by atoms with Gasteiger partial charge in [-0.3, -0.25) is 4.79 Å². The third-order valence-corrected chi connectivity index (χ3v) is 5.14. The second kappa shape index (κ2) is 8.08. The molecule has 0 aliphatic carbocycles. The van der Waals surface area contributed by atoms with E-state index in [1.165, 1.54) is 5.56 Å². The number of thioether (sulfide) groups is 1. The van der Waals surface area contributed by atoms with Crippen LogP contribution >= 0.6 is 50.6 Å². The fourth-order valence-corrected chi connectivity index (χ4v) is 3.71. The monoisotopic (exact) mass is 389 g/mol. The molecule has 0 saturated heterocycles. The number of benzene rings is 1. The Bertz CT molecular complexity index is 575. The van der Waals surface area contributed by atoms with E-state index in [1.54, 1.807) is 35.2 Å². The topological polar surface area (TPSA) is 29.1 Å². The summed E-state index contributed by atoms with van der Waals surface area (Å²) in [4.78, 5) is 12.0. The summed E-state index contributed by atoms with van der Waals surface area (Å²) in [6.45, 7) is 0.635. The highest BCUT2D eigenvalue weighted by atomic mass is 79.9. The van der Waals surface area contributed by atoms with E-state index < -0.39 is 0 Å². The summed E-state index contributed by atoms with van der Waals surface area (Å²) in [5.74, 6) is 1.73. The maximum atomic E-state index is 12.0. The minimum Gasteiger partial charge on any atom is -0.351 e. The Kier molecular flexibility index (Phi) is 6.42. The van der Waals surface area contributed by atoms with Crippen LogP contribution in [0.3, 0.4) is 0 Å². The quantitative estimate of drug-likeness (QED) is 0.716. The smallest absolute Gasteiger partial charge is 0.252 e. The standard InChI is InChI=1S/C14H13BrClNOS2/c15-11-1-2-13(16)12(7-11)14(18)17-4-6-20-9-10-3-5-19-8-10/h1-3,5,7-8H,4,6,9H2,(H,17,18). The third kappa shape index (κ3) is 4.81. The molecule has 6 heteroatoms. The van der Waals surface area contributed by atoms with E-state index in [9.17, 15) is 4.79 Å². The molecular weight excluding hydrogens is 378 g/mol. The summed E-state index contributed by atoms with van der Waals surface area (Å²) >= 11 is 12.9. The largest absolute Gasteiger partial charge is 0.351 e. The zero-order chi connectivity index (χ0) is 14.4. The van der Waals surface area contributed by atoms with Gasteiger partial charge in [-0.15, -0.1) is 0 Å². The molecule has 1 N–H and O–H groups in total. The van der Waals surface area contributed by atoms with E-state index in [0.717, 1.165) is 16.0 Å². The molecule has 0 saturated carbocycles. The number of amides is 1. The number of carbonyl (C=O) groups is 1. The Morgan fingerprint density at radius 2 is 2.25 bits per heavy atom. The Hall–Kier alpha value is -0.490. The van der Waals surface area contributed by atoms with Gasteiger partial charge in [0.05, 0.1) is 10.6 Å². The lowest BCUT2D eigenvalue weighted by Crippen LogP contribution is -2.26. The zero-order valence-corrected chi connectivity index (χ0v) is 14.5. The first-order chi connectivity index (χ1) is 9.66. The Morgan fingerprint density at radius 3 is 3.00 bits per heavy atom. The van der Waals surface area contributed by atoms with Gasteiger partial charge in [0, 0.05) is 22.5 Å². The number of rotatable bonds is 6. The number of hydrogen-bond acceptors (Lipinski definition) is 3. The van der Waals surface area contributed by atoms with Crippen LogP contribution in [0.2, 0.25) is 5.02 Å². The first kappa shape index (κ1) is 15.9. The first-order valence-corrected chi connectivity index (χ1v) is 9.26. The van der Waals surface area contributed by atoms with Crippen molar-refractivity contribution < 1.29 is 4.79 Å². The van der Waals surface area contributed by atoms with Crippen LogP contribution in [0.5, 0.6) is 0 Å². The van der Waals surface area contributed by atoms with Gasteiger partial charge < -0.3 is 5.32 Å². The minimum atomic E-state index is -0.132. The minimum absolute atomic E-state index is 0.132. The Labute approximate surface area is 140 Å². The van der Waals surface area contributed by atoms with E-state index in [2.05, 4.69) is 38.1 Å². The van der Waals surface area contributed by atoms with Gasteiger partial charge in [-0.05, 0) is 40.6 Å². The van der Waals surface area contributed by atoms with Crippen LogP contribution in [0, 0.1) is 0 Å². The molecule has 0 radical (unpaired) electrons. The normalized spacial score (nSPS) is 10.5. The van der Waals surface area contributed by atoms with E-state index in [-0.39, 0.29) is 5.91 Å². The number of thiophene rings is 1. The summed E-state index contributed by atoms with van der Waals surface area (Å²) in [5.41, 5.74) is 1.84. The van der Waals surface area contributed by atoms with Crippen molar-refractivity contribution in [3.8, 4) is 0 Å². The van der Waals surface area contributed by atoms with Crippen molar-refractivity contribution in [2.24, 2.45) is 0 Å². The number of nitrogens with one attached hydrogen (secondary N) is 1. The van der Waals surface area contributed by atoms with E-state index in [1.807, 2.05) is 6.07 Å². The molecule has 0 spiro atoms. The van der Waals surface area contributed by atoms with Crippen LogP contribution in [0.25, 0.3) is 0 Å². The summed E-state index contributed by atoms with van der Waals surface area (Å²) in [6, 6.07) is 7.38. The highest BCUT2D eigenvalue weighted by Gasteiger charge is 2.10. The van der Waals surface area contributed by atoms with Gasteiger partial charge in [-0.1, -0.05) is 27.5 Å². The van der Waals surface area contributed by atoms with Crippen LogP contribution in [-0.2, 0) is 5.75 Å². The molecule has 1 amide bonds. The predicted octanol–water partition coefficient (Wildman–Crippen LogP) is 4.83. The molecule has 20 heavy (non-hydrogen) atoms. The van der Waals surface area contributed by atoms with Crippen molar-refractivity contribution in [1.29, 1.82) is 0 Å². The second-order valence-electron chi connectivity index (χ2n) is 4.06. The highest BCUT2D eigenvalue weighted by molar-refractivity contribution is 9.10. The zero-order valence-electron chi connectivity index (χ0n) is 10.6. The molecule has 1 aromatic heterocycles. The van der Waals surface area contributed by atoms with Crippen LogP contribution in [0.1, 0.15) is 15.9 Å². The van der Waals surface area contributed by atoms with Gasteiger partial charge in [0.2, 0.25) is 0 Å². The van der Waals surface area contributed by atoms with Crippen molar-refractivity contribution in [2.75, 3.05) is 12.3 Å². The number of hydrogen-bond donors (Lipinski definition) is 1. The molecule has 2 nitrogen and oxygen atoms in total. The molecule has 1 aromatic carbocycles. The van der Waals surface area contributed by atoms with Crippen molar-refractivity contribution in [3.63, 3.8) is 0 Å².